The molecule has 0 spiro atoms. The predicted molar refractivity (Wildman–Crippen MR) is 85.8 cm³/mol. The Bertz CT molecular complexity index is 748. The van der Waals surface area contributed by atoms with Gasteiger partial charge < -0.3 is 4.74 Å². The van der Waals surface area contributed by atoms with Crippen molar-refractivity contribution in [3.05, 3.63) is 28.5 Å². The van der Waals surface area contributed by atoms with Gasteiger partial charge in [0, 0.05) is 19.3 Å². The van der Waals surface area contributed by atoms with Crippen LogP contribution in [-0.4, -0.2) is 39.3 Å². The smallest absolute Gasteiger partial charge is 0.350 e. The average molecular weight is 334 g/mol. The zero-order valence-corrected chi connectivity index (χ0v) is 14.1. The summed E-state index contributed by atoms with van der Waals surface area (Å²) in [6.45, 7) is 3.83. The number of amides is 1. The predicted octanol–water partition coefficient (Wildman–Crippen LogP) is 2.17. The molecule has 0 radical (unpaired) electrons. The van der Waals surface area contributed by atoms with Gasteiger partial charge in [0.2, 0.25) is 0 Å². The van der Waals surface area contributed by atoms with E-state index in [0.29, 0.717) is 28.0 Å². The van der Waals surface area contributed by atoms with E-state index in [4.69, 9.17) is 4.74 Å². The van der Waals surface area contributed by atoms with Crippen LogP contribution in [0.4, 0.5) is 5.13 Å². The summed E-state index contributed by atoms with van der Waals surface area (Å²) in [6.07, 6.45) is 3.48. The van der Waals surface area contributed by atoms with Gasteiger partial charge in [0.1, 0.15) is 10.6 Å². The number of hydrogen-bond donors (Lipinski definition) is 0. The average Bonchev–Trinajstić information content (AvgIpc) is 3.12. The molecule has 23 heavy (non-hydrogen) atoms. The van der Waals surface area contributed by atoms with Gasteiger partial charge in [0.05, 0.1) is 12.3 Å². The molecule has 1 saturated carbocycles. The molecular formula is C15H18N4O3S. The standard InChI is InChI=1S/C15H18N4O3S/c1-4-22-14(21)12-9(2)17-15(23-12)19(10-5-6-10)13(20)11-7-8-16-18(11)3/h7-8,10H,4-6H2,1-3H3. The number of aromatic nitrogens is 3. The Morgan fingerprint density at radius 3 is 2.78 bits per heavy atom. The maximum atomic E-state index is 12.8. The second-order valence-corrected chi connectivity index (χ2v) is 6.36. The van der Waals surface area contributed by atoms with Crippen LogP contribution in [0.2, 0.25) is 0 Å². The lowest BCUT2D eigenvalue weighted by atomic mass is 10.3. The Labute approximate surface area is 137 Å². The van der Waals surface area contributed by atoms with E-state index in [1.807, 2.05) is 0 Å². The minimum atomic E-state index is -0.391. The van der Waals surface area contributed by atoms with E-state index in [2.05, 4.69) is 10.1 Å². The molecule has 2 aromatic heterocycles. The molecule has 1 amide bonds. The fourth-order valence-electron chi connectivity index (χ4n) is 2.32. The first-order valence-electron chi connectivity index (χ1n) is 7.49. The van der Waals surface area contributed by atoms with E-state index >= 15 is 0 Å². The SMILES string of the molecule is CCOC(=O)c1sc(N(C(=O)c2ccnn2C)C2CC2)nc1C. The van der Waals surface area contributed by atoms with E-state index < -0.39 is 5.97 Å². The van der Waals surface area contributed by atoms with Crippen LogP contribution in [0.5, 0.6) is 0 Å². The Balaban J connectivity index is 1.94. The number of esters is 1. The molecule has 0 saturated heterocycles. The van der Waals surface area contributed by atoms with Crippen LogP contribution in [0.25, 0.3) is 0 Å². The molecule has 122 valence electrons. The minimum absolute atomic E-state index is 0.137. The quantitative estimate of drug-likeness (QED) is 0.783. The van der Waals surface area contributed by atoms with Crippen molar-refractivity contribution >= 4 is 28.3 Å². The molecule has 1 fully saturated rings. The summed E-state index contributed by atoms with van der Waals surface area (Å²) < 4.78 is 6.59. The topological polar surface area (TPSA) is 77.3 Å². The minimum Gasteiger partial charge on any atom is -0.462 e. The lowest BCUT2D eigenvalue weighted by molar-refractivity contribution is 0.0531. The first-order chi connectivity index (χ1) is 11.0. The number of thiazole rings is 1. The third-order valence-corrected chi connectivity index (χ3v) is 4.76. The summed E-state index contributed by atoms with van der Waals surface area (Å²) in [5.41, 5.74) is 1.09. The second-order valence-electron chi connectivity index (χ2n) is 5.38. The van der Waals surface area contributed by atoms with Crippen LogP contribution in [0.15, 0.2) is 12.3 Å². The molecule has 0 atom stereocenters. The number of carbonyl (C=O) groups is 2. The summed E-state index contributed by atoms with van der Waals surface area (Å²) in [6, 6.07) is 1.82. The summed E-state index contributed by atoms with van der Waals surface area (Å²) >= 11 is 1.21. The van der Waals surface area contributed by atoms with Crippen LogP contribution in [0.3, 0.4) is 0 Å². The van der Waals surface area contributed by atoms with Crippen molar-refractivity contribution < 1.29 is 14.3 Å². The van der Waals surface area contributed by atoms with Crippen molar-refractivity contribution in [2.45, 2.75) is 32.7 Å². The van der Waals surface area contributed by atoms with Gasteiger partial charge in [-0.1, -0.05) is 11.3 Å². The van der Waals surface area contributed by atoms with Gasteiger partial charge in [-0.2, -0.15) is 5.10 Å². The van der Waals surface area contributed by atoms with E-state index in [1.54, 1.807) is 42.7 Å². The lowest BCUT2D eigenvalue weighted by Crippen LogP contribution is -2.34. The molecule has 2 heterocycles. The van der Waals surface area contributed by atoms with Gasteiger partial charge in [-0.15, -0.1) is 0 Å². The summed E-state index contributed by atoms with van der Waals surface area (Å²) in [7, 11) is 1.73. The Morgan fingerprint density at radius 1 is 1.48 bits per heavy atom. The second kappa shape index (κ2) is 6.11. The van der Waals surface area contributed by atoms with Crippen LogP contribution in [0.1, 0.15) is 45.6 Å². The third kappa shape index (κ3) is 2.98. The van der Waals surface area contributed by atoms with Gasteiger partial charge in [-0.25, -0.2) is 9.78 Å². The van der Waals surface area contributed by atoms with E-state index in [-0.39, 0.29) is 11.9 Å². The zero-order chi connectivity index (χ0) is 16.6. The summed E-state index contributed by atoms with van der Waals surface area (Å²) in [4.78, 5) is 31.4. The van der Waals surface area contributed by atoms with E-state index in [1.165, 1.54) is 11.3 Å². The molecule has 1 aliphatic rings. The molecule has 0 unspecified atom stereocenters. The maximum absolute atomic E-state index is 12.8. The number of rotatable bonds is 5. The van der Waals surface area contributed by atoms with Crippen molar-refractivity contribution in [3.63, 3.8) is 0 Å². The molecule has 2 aromatic rings. The maximum Gasteiger partial charge on any atom is 0.350 e. The lowest BCUT2D eigenvalue weighted by Gasteiger charge is -2.19. The van der Waals surface area contributed by atoms with E-state index in [0.717, 1.165) is 12.8 Å². The normalized spacial score (nSPS) is 13.9. The Kier molecular flexibility index (Phi) is 4.16. The summed E-state index contributed by atoms with van der Waals surface area (Å²) in [5, 5.41) is 4.59. The summed E-state index contributed by atoms with van der Waals surface area (Å²) in [5.74, 6) is -0.533. The largest absolute Gasteiger partial charge is 0.462 e. The van der Waals surface area contributed by atoms with Crippen molar-refractivity contribution in [1.82, 2.24) is 14.8 Å². The highest BCUT2D eigenvalue weighted by molar-refractivity contribution is 7.17. The third-order valence-electron chi connectivity index (χ3n) is 3.62. The van der Waals surface area contributed by atoms with Gasteiger partial charge in [-0.3, -0.25) is 14.4 Å². The van der Waals surface area contributed by atoms with Gasteiger partial charge in [0.25, 0.3) is 5.91 Å². The van der Waals surface area contributed by atoms with Gasteiger partial charge in [0.15, 0.2) is 5.13 Å². The fraction of sp³-hybridized carbons (Fsp3) is 0.467. The fourth-order valence-corrected chi connectivity index (χ4v) is 3.35. The van der Waals surface area contributed by atoms with Crippen molar-refractivity contribution in [2.24, 2.45) is 7.05 Å². The highest BCUT2D eigenvalue weighted by Crippen LogP contribution is 2.36. The van der Waals surface area contributed by atoms with Crippen LogP contribution in [0, 0.1) is 6.92 Å². The highest BCUT2D eigenvalue weighted by atomic mass is 32.1. The number of nitrogens with zero attached hydrogens (tertiary/aromatic N) is 4. The molecule has 1 aliphatic carbocycles. The number of anilines is 1. The number of ether oxygens (including phenoxy) is 1. The van der Waals surface area contributed by atoms with Crippen molar-refractivity contribution in [2.75, 3.05) is 11.5 Å². The van der Waals surface area contributed by atoms with Gasteiger partial charge in [-0.05, 0) is 32.8 Å². The number of hydrogen-bond acceptors (Lipinski definition) is 6. The number of carbonyl (C=O) groups excluding carboxylic acids is 2. The van der Waals surface area contributed by atoms with Crippen LogP contribution >= 0.6 is 11.3 Å². The highest BCUT2D eigenvalue weighted by Gasteiger charge is 2.37. The molecule has 7 nitrogen and oxygen atoms in total. The molecule has 0 aliphatic heterocycles. The molecule has 8 heteroatoms. The van der Waals surface area contributed by atoms with E-state index in [9.17, 15) is 9.59 Å². The molecule has 0 bridgehead atoms. The Hall–Kier alpha value is -2.22. The van der Waals surface area contributed by atoms with Crippen molar-refractivity contribution in [1.29, 1.82) is 0 Å². The molecule has 0 N–H and O–H groups in total. The molecule has 0 aromatic carbocycles. The van der Waals surface area contributed by atoms with Crippen LogP contribution < -0.4 is 4.90 Å². The first-order valence-corrected chi connectivity index (χ1v) is 8.30. The number of aryl methyl sites for hydroxylation is 2. The monoisotopic (exact) mass is 334 g/mol. The van der Waals surface area contributed by atoms with Gasteiger partial charge >= 0.3 is 5.97 Å². The Morgan fingerprint density at radius 2 is 2.22 bits per heavy atom. The van der Waals surface area contributed by atoms with Crippen LogP contribution in [-0.2, 0) is 11.8 Å². The molecule has 3 rings (SSSR count). The molecular weight excluding hydrogens is 316 g/mol. The zero-order valence-electron chi connectivity index (χ0n) is 13.3. The first kappa shape index (κ1) is 15.7. The van der Waals surface area contributed by atoms with Crippen molar-refractivity contribution in [3.8, 4) is 0 Å².